The Balaban J connectivity index is 2.07. The van der Waals surface area contributed by atoms with Gasteiger partial charge < -0.3 is 5.11 Å². The second-order valence-corrected chi connectivity index (χ2v) is 3.86. The zero-order valence-corrected chi connectivity index (χ0v) is 7.18. The molecular weight excluding hydrogens is 152 g/mol. The summed E-state index contributed by atoms with van der Waals surface area (Å²) in [6.07, 6.45) is 6.55. The van der Waals surface area contributed by atoms with Crippen LogP contribution in [0.3, 0.4) is 0 Å². The lowest BCUT2D eigenvalue weighted by Crippen LogP contribution is -2.09. The minimum Gasteiger partial charge on any atom is -0.481 e. The van der Waals surface area contributed by atoms with Crippen molar-refractivity contribution in [3.8, 4) is 0 Å². The largest absolute Gasteiger partial charge is 0.481 e. The van der Waals surface area contributed by atoms with E-state index in [1.54, 1.807) is 0 Å². The highest BCUT2D eigenvalue weighted by Gasteiger charge is 2.29. The van der Waals surface area contributed by atoms with E-state index in [9.17, 15) is 4.79 Å². The number of carbonyl (C=O) groups is 1. The van der Waals surface area contributed by atoms with Crippen LogP contribution in [0.2, 0.25) is 0 Å². The van der Waals surface area contributed by atoms with Gasteiger partial charge in [-0.3, -0.25) is 4.79 Å². The molecule has 2 rings (SSSR count). The SMILES string of the molecule is O=C(O)C1CC2=C(CCCC2)C1. The van der Waals surface area contributed by atoms with Gasteiger partial charge in [-0.05, 0) is 38.5 Å². The summed E-state index contributed by atoms with van der Waals surface area (Å²) in [6, 6.07) is 0. The average molecular weight is 166 g/mol. The van der Waals surface area contributed by atoms with Crippen LogP contribution >= 0.6 is 0 Å². The van der Waals surface area contributed by atoms with Crippen molar-refractivity contribution in [1.82, 2.24) is 0 Å². The fraction of sp³-hybridized carbons (Fsp3) is 0.700. The molecule has 0 amide bonds. The first-order valence-corrected chi connectivity index (χ1v) is 4.70. The third-order valence-electron chi connectivity index (χ3n) is 3.04. The first kappa shape index (κ1) is 7.84. The van der Waals surface area contributed by atoms with Crippen molar-refractivity contribution in [2.24, 2.45) is 5.92 Å². The van der Waals surface area contributed by atoms with Crippen molar-refractivity contribution in [3.05, 3.63) is 11.1 Å². The highest BCUT2D eigenvalue weighted by molar-refractivity contribution is 5.71. The van der Waals surface area contributed by atoms with Gasteiger partial charge in [0.1, 0.15) is 0 Å². The van der Waals surface area contributed by atoms with Crippen molar-refractivity contribution in [1.29, 1.82) is 0 Å². The third kappa shape index (κ3) is 1.26. The van der Waals surface area contributed by atoms with Crippen LogP contribution in [0.4, 0.5) is 0 Å². The van der Waals surface area contributed by atoms with Gasteiger partial charge in [0.25, 0.3) is 0 Å². The van der Waals surface area contributed by atoms with Gasteiger partial charge in [0, 0.05) is 0 Å². The summed E-state index contributed by atoms with van der Waals surface area (Å²) in [5.41, 5.74) is 2.93. The first-order chi connectivity index (χ1) is 5.77. The molecule has 2 aliphatic carbocycles. The minimum absolute atomic E-state index is 0.0897. The van der Waals surface area contributed by atoms with Crippen LogP contribution in [0.25, 0.3) is 0 Å². The number of aliphatic carboxylic acids is 1. The molecule has 2 aliphatic rings. The molecule has 0 fully saturated rings. The molecule has 0 heterocycles. The molecule has 0 aromatic carbocycles. The monoisotopic (exact) mass is 166 g/mol. The summed E-state index contributed by atoms with van der Waals surface area (Å²) in [6.45, 7) is 0. The van der Waals surface area contributed by atoms with E-state index < -0.39 is 5.97 Å². The molecule has 0 unspecified atom stereocenters. The predicted octanol–water partition coefficient (Wildman–Crippen LogP) is 2.35. The van der Waals surface area contributed by atoms with E-state index in [1.165, 1.54) is 36.8 Å². The van der Waals surface area contributed by atoms with E-state index >= 15 is 0 Å². The van der Waals surface area contributed by atoms with E-state index in [1.807, 2.05) is 0 Å². The normalized spacial score (nSPS) is 24.3. The van der Waals surface area contributed by atoms with Crippen LogP contribution in [0.1, 0.15) is 38.5 Å². The smallest absolute Gasteiger partial charge is 0.307 e. The Kier molecular flexibility index (Phi) is 1.91. The molecule has 66 valence electrons. The molecule has 0 aromatic rings. The lowest BCUT2D eigenvalue weighted by Gasteiger charge is -2.12. The summed E-state index contributed by atoms with van der Waals surface area (Å²) in [5.74, 6) is -0.697. The van der Waals surface area contributed by atoms with Crippen molar-refractivity contribution in [2.75, 3.05) is 0 Å². The van der Waals surface area contributed by atoms with Crippen molar-refractivity contribution in [3.63, 3.8) is 0 Å². The summed E-state index contributed by atoms with van der Waals surface area (Å²) < 4.78 is 0. The Bertz CT molecular complexity index is 222. The molecule has 0 aliphatic heterocycles. The molecule has 0 atom stereocenters. The summed E-state index contributed by atoms with van der Waals surface area (Å²) >= 11 is 0. The van der Waals surface area contributed by atoms with Crippen molar-refractivity contribution in [2.45, 2.75) is 38.5 Å². The Hall–Kier alpha value is -0.790. The number of hydrogen-bond acceptors (Lipinski definition) is 1. The Morgan fingerprint density at radius 2 is 1.67 bits per heavy atom. The van der Waals surface area contributed by atoms with Crippen LogP contribution in [0, 0.1) is 5.92 Å². The number of allylic oxidation sites excluding steroid dienone is 2. The number of hydrogen-bond donors (Lipinski definition) is 1. The Morgan fingerprint density at radius 1 is 1.17 bits per heavy atom. The summed E-state index contributed by atoms with van der Waals surface area (Å²) in [5, 5.41) is 8.83. The fourth-order valence-corrected chi connectivity index (χ4v) is 2.36. The van der Waals surface area contributed by atoms with E-state index in [0.29, 0.717) is 0 Å². The average Bonchev–Trinajstić information content (AvgIpc) is 2.46. The molecule has 12 heavy (non-hydrogen) atoms. The number of rotatable bonds is 1. The van der Waals surface area contributed by atoms with Crippen LogP contribution in [-0.2, 0) is 4.79 Å². The molecule has 0 radical (unpaired) electrons. The zero-order valence-electron chi connectivity index (χ0n) is 7.18. The lowest BCUT2D eigenvalue weighted by atomic mass is 9.94. The topological polar surface area (TPSA) is 37.3 Å². The summed E-state index contributed by atoms with van der Waals surface area (Å²) in [7, 11) is 0. The highest BCUT2D eigenvalue weighted by atomic mass is 16.4. The minimum atomic E-state index is -0.607. The van der Waals surface area contributed by atoms with Gasteiger partial charge in [-0.15, -0.1) is 0 Å². The molecule has 0 bridgehead atoms. The van der Waals surface area contributed by atoms with Crippen LogP contribution in [0.5, 0.6) is 0 Å². The van der Waals surface area contributed by atoms with Crippen molar-refractivity contribution >= 4 is 5.97 Å². The highest BCUT2D eigenvalue weighted by Crippen LogP contribution is 2.40. The quantitative estimate of drug-likeness (QED) is 0.607. The number of carboxylic acid groups (broad SMARTS) is 1. The van der Waals surface area contributed by atoms with Gasteiger partial charge in [0.15, 0.2) is 0 Å². The predicted molar refractivity (Wildman–Crippen MR) is 45.9 cm³/mol. The molecule has 1 N–H and O–H groups in total. The van der Waals surface area contributed by atoms with E-state index in [0.717, 1.165) is 12.8 Å². The van der Waals surface area contributed by atoms with Crippen LogP contribution in [0.15, 0.2) is 11.1 Å². The second kappa shape index (κ2) is 2.92. The van der Waals surface area contributed by atoms with Gasteiger partial charge in [-0.2, -0.15) is 0 Å². The van der Waals surface area contributed by atoms with E-state index in [4.69, 9.17) is 5.11 Å². The van der Waals surface area contributed by atoms with E-state index in [2.05, 4.69) is 0 Å². The maximum atomic E-state index is 10.7. The van der Waals surface area contributed by atoms with Gasteiger partial charge in [0.05, 0.1) is 5.92 Å². The molecule has 2 heteroatoms. The lowest BCUT2D eigenvalue weighted by molar-refractivity contribution is -0.141. The number of carboxylic acids is 1. The molecule has 2 nitrogen and oxygen atoms in total. The van der Waals surface area contributed by atoms with Gasteiger partial charge in [-0.1, -0.05) is 11.1 Å². The van der Waals surface area contributed by atoms with Crippen molar-refractivity contribution < 1.29 is 9.90 Å². The maximum Gasteiger partial charge on any atom is 0.307 e. The standard InChI is InChI=1S/C10H14O2/c11-10(12)9-5-7-3-1-2-4-8(7)6-9/h9H,1-6H2,(H,11,12). The molecule has 0 aromatic heterocycles. The third-order valence-corrected chi connectivity index (χ3v) is 3.04. The molecular formula is C10H14O2. The first-order valence-electron chi connectivity index (χ1n) is 4.70. The van der Waals surface area contributed by atoms with Crippen LogP contribution in [-0.4, -0.2) is 11.1 Å². The van der Waals surface area contributed by atoms with Crippen LogP contribution < -0.4 is 0 Å². The van der Waals surface area contributed by atoms with Gasteiger partial charge in [-0.25, -0.2) is 0 Å². The molecule has 0 spiro atoms. The maximum absolute atomic E-state index is 10.7. The van der Waals surface area contributed by atoms with Gasteiger partial charge >= 0.3 is 5.97 Å². The summed E-state index contributed by atoms with van der Waals surface area (Å²) in [4.78, 5) is 10.7. The Labute approximate surface area is 72.3 Å². The Morgan fingerprint density at radius 3 is 2.08 bits per heavy atom. The zero-order chi connectivity index (χ0) is 8.55. The fourth-order valence-electron chi connectivity index (χ4n) is 2.36. The molecule has 0 saturated heterocycles. The second-order valence-electron chi connectivity index (χ2n) is 3.86. The van der Waals surface area contributed by atoms with E-state index in [-0.39, 0.29) is 5.92 Å². The molecule has 0 saturated carbocycles. The van der Waals surface area contributed by atoms with Gasteiger partial charge in [0.2, 0.25) is 0 Å².